The minimum absolute atomic E-state index is 0.178. The van der Waals surface area contributed by atoms with Crippen LogP contribution in [0.4, 0.5) is 11.5 Å². The zero-order chi connectivity index (χ0) is 14.0. The molecule has 19 heavy (non-hydrogen) atoms. The first-order valence-corrected chi connectivity index (χ1v) is 5.97. The summed E-state index contributed by atoms with van der Waals surface area (Å²) < 4.78 is 6.33. The maximum Gasteiger partial charge on any atom is 0.372 e. The highest BCUT2D eigenvalue weighted by Crippen LogP contribution is 2.34. The van der Waals surface area contributed by atoms with Crippen LogP contribution in [0.1, 0.15) is 5.56 Å². The fourth-order valence-corrected chi connectivity index (χ4v) is 1.93. The number of nitrogens with zero attached hydrogens (tertiary/aromatic N) is 3. The number of aromatic nitrogens is 2. The van der Waals surface area contributed by atoms with E-state index in [1.165, 1.54) is 0 Å². The summed E-state index contributed by atoms with van der Waals surface area (Å²) in [6.07, 6.45) is 1.12. The van der Waals surface area contributed by atoms with Gasteiger partial charge in [-0.3, -0.25) is 10.1 Å². The van der Waals surface area contributed by atoms with Gasteiger partial charge in [-0.25, -0.2) is 4.98 Å². The van der Waals surface area contributed by atoms with Gasteiger partial charge in [0.2, 0.25) is 5.82 Å². The quantitative estimate of drug-likeness (QED) is 0.687. The van der Waals surface area contributed by atoms with Gasteiger partial charge in [0.15, 0.2) is 0 Å². The topological polar surface area (TPSA) is 104 Å². The van der Waals surface area contributed by atoms with Crippen LogP contribution in [-0.2, 0) is 0 Å². The fraction of sp³-hybridized carbons (Fsp3) is 0.0909. The van der Waals surface area contributed by atoms with Gasteiger partial charge in [-0.15, -0.1) is 0 Å². The van der Waals surface area contributed by atoms with Gasteiger partial charge < -0.3 is 10.5 Å². The second-order valence-corrected chi connectivity index (χ2v) is 4.60. The molecule has 0 amide bonds. The third kappa shape index (κ3) is 2.79. The molecule has 98 valence electrons. The number of hydrogen-bond acceptors (Lipinski definition) is 6. The molecule has 7 nitrogen and oxygen atoms in total. The number of nitrogens with two attached hydrogens (primary N) is 1. The number of halogens is 1. The number of ether oxygens (including phenoxy) is 1. The maximum atomic E-state index is 10.9. The molecular formula is C11H9BrN4O3. The van der Waals surface area contributed by atoms with Gasteiger partial charge in [0.1, 0.15) is 12.1 Å². The molecule has 0 atom stereocenters. The van der Waals surface area contributed by atoms with E-state index in [0.29, 0.717) is 5.75 Å². The Morgan fingerprint density at radius 3 is 2.79 bits per heavy atom. The molecule has 0 saturated carbocycles. The van der Waals surface area contributed by atoms with Crippen LogP contribution >= 0.6 is 15.9 Å². The lowest BCUT2D eigenvalue weighted by Gasteiger charge is -2.08. The average Bonchev–Trinajstić information content (AvgIpc) is 2.32. The van der Waals surface area contributed by atoms with Crippen molar-refractivity contribution >= 4 is 27.4 Å². The van der Waals surface area contributed by atoms with Crippen molar-refractivity contribution in [1.29, 1.82) is 0 Å². The van der Waals surface area contributed by atoms with Crippen LogP contribution in [0.2, 0.25) is 0 Å². The smallest absolute Gasteiger partial charge is 0.372 e. The number of rotatable bonds is 3. The maximum absolute atomic E-state index is 10.9. The minimum atomic E-state index is -0.668. The molecule has 0 aliphatic heterocycles. The van der Waals surface area contributed by atoms with E-state index in [0.717, 1.165) is 16.4 Å². The highest BCUT2D eigenvalue weighted by Gasteiger charge is 2.23. The van der Waals surface area contributed by atoms with Crippen LogP contribution in [0.25, 0.3) is 0 Å². The molecule has 0 aliphatic rings. The van der Waals surface area contributed by atoms with Crippen molar-refractivity contribution in [1.82, 2.24) is 9.97 Å². The number of hydrogen-bond donors (Lipinski definition) is 1. The minimum Gasteiger partial charge on any atom is -0.433 e. The second kappa shape index (κ2) is 5.19. The monoisotopic (exact) mass is 324 g/mol. The first-order chi connectivity index (χ1) is 8.99. The van der Waals surface area contributed by atoms with E-state index in [2.05, 4.69) is 25.9 Å². The van der Waals surface area contributed by atoms with E-state index in [4.69, 9.17) is 10.5 Å². The van der Waals surface area contributed by atoms with Crippen molar-refractivity contribution in [3.05, 3.63) is 44.7 Å². The molecule has 1 heterocycles. The van der Waals surface area contributed by atoms with E-state index in [9.17, 15) is 10.1 Å². The molecule has 0 bridgehead atoms. The number of nitro groups is 1. The Morgan fingerprint density at radius 1 is 1.42 bits per heavy atom. The Bertz CT molecular complexity index is 648. The van der Waals surface area contributed by atoms with Gasteiger partial charge in [0.05, 0.1) is 4.92 Å². The number of anilines is 1. The van der Waals surface area contributed by atoms with Gasteiger partial charge in [-0.05, 0) is 30.7 Å². The molecular weight excluding hydrogens is 316 g/mol. The Balaban J connectivity index is 2.44. The summed E-state index contributed by atoms with van der Waals surface area (Å²) in [7, 11) is 0. The average molecular weight is 325 g/mol. The van der Waals surface area contributed by atoms with Crippen molar-refractivity contribution in [2.45, 2.75) is 6.92 Å². The number of nitrogen functional groups attached to an aromatic ring is 1. The van der Waals surface area contributed by atoms with Gasteiger partial charge in [-0.1, -0.05) is 15.9 Å². The van der Waals surface area contributed by atoms with Gasteiger partial charge in [0.25, 0.3) is 0 Å². The summed E-state index contributed by atoms with van der Waals surface area (Å²) >= 11 is 3.32. The Labute approximate surface area is 116 Å². The summed E-state index contributed by atoms with van der Waals surface area (Å²) in [5.74, 6) is 0.0529. The van der Waals surface area contributed by atoms with Crippen LogP contribution < -0.4 is 10.5 Å². The largest absolute Gasteiger partial charge is 0.433 e. The van der Waals surface area contributed by atoms with E-state index < -0.39 is 10.6 Å². The summed E-state index contributed by atoms with van der Waals surface area (Å²) in [4.78, 5) is 17.6. The van der Waals surface area contributed by atoms with Gasteiger partial charge >= 0.3 is 11.6 Å². The normalized spacial score (nSPS) is 10.2. The Hall–Kier alpha value is -2.22. The lowest BCUT2D eigenvalue weighted by molar-refractivity contribution is -0.385. The fourth-order valence-electron chi connectivity index (χ4n) is 1.45. The molecule has 0 fully saturated rings. The zero-order valence-electron chi connectivity index (χ0n) is 9.83. The predicted molar refractivity (Wildman–Crippen MR) is 72.1 cm³/mol. The van der Waals surface area contributed by atoms with Crippen molar-refractivity contribution < 1.29 is 9.66 Å². The Kier molecular flexibility index (Phi) is 3.61. The lowest BCUT2D eigenvalue weighted by atomic mass is 10.2. The van der Waals surface area contributed by atoms with Crippen molar-refractivity contribution in [2.75, 3.05) is 5.73 Å². The summed E-state index contributed by atoms with van der Waals surface area (Å²) in [6, 6.07) is 5.27. The molecule has 1 aromatic carbocycles. The molecule has 8 heteroatoms. The molecule has 0 aliphatic carbocycles. The van der Waals surface area contributed by atoms with Crippen LogP contribution in [0.5, 0.6) is 11.6 Å². The van der Waals surface area contributed by atoms with Crippen LogP contribution in [-0.4, -0.2) is 14.9 Å². The number of aryl methyl sites for hydroxylation is 1. The van der Waals surface area contributed by atoms with E-state index >= 15 is 0 Å². The highest BCUT2D eigenvalue weighted by atomic mass is 79.9. The molecule has 0 radical (unpaired) electrons. The van der Waals surface area contributed by atoms with Crippen LogP contribution in [0, 0.1) is 17.0 Å². The van der Waals surface area contributed by atoms with E-state index in [-0.39, 0.29) is 11.7 Å². The third-order valence-corrected chi connectivity index (χ3v) is 2.84. The Morgan fingerprint density at radius 2 is 2.16 bits per heavy atom. The predicted octanol–water partition coefficient (Wildman–Crippen LogP) is 2.83. The van der Waals surface area contributed by atoms with Crippen LogP contribution in [0.15, 0.2) is 29.0 Å². The van der Waals surface area contributed by atoms with Crippen molar-refractivity contribution in [2.24, 2.45) is 0 Å². The summed E-state index contributed by atoms with van der Waals surface area (Å²) in [6.45, 7) is 1.82. The SMILES string of the molecule is Cc1cc(Br)ccc1Oc1ncnc(N)c1[N+](=O)[O-]. The lowest BCUT2D eigenvalue weighted by Crippen LogP contribution is -2.03. The zero-order valence-corrected chi connectivity index (χ0v) is 11.4. The summed E-state index contributed by atoms with van der Waals surface area (Å²) in [5, 5.41) is 10.9. The van der Waals surface area contributed by atoms with Crippen molar-refractivity contribution in [3.63, 3.8) is 0 Å². The van der Waals surface area contributed by atoms with E-state index in [1.807, 2.05) is 13.0 Å². The standard InChI is InChI=1S/C11H9BrN4O3/c1-6-4-7(12)2-3-8(6)19-11-9(16(17)18)10(13)14-5-15-11/h2-5H,1H3,(H2,13,14,15). The molecule has 2 rings (SSSR count). The molecule has 0 spiro atoms. The first kappa shape index (κ1) is 13.2. The van der Waals surface area contributed by atoms with Gasteiger partial charge in [0, 0.05) is 4.47 Å². The molecule has 2 aromatic rings. The molecule has 0 unspecified atom stereocenters. The van der Waals surface area contributed by atoms with Gasteiger partial charge in [-0.2, -0.15) is 4.98 Å². The molecule has 0 saturated heterocycles. The van der Waals surface area contributed by atoms with Crippen molar-refractivity contribution in [3.8, 4) is 11.6 Å². The van der Waals surface area contributed by atoms with E-state index in [1.54, 1.807) is 12.1 Å². The molecule has 1 aromatic heterocycles. The number of benzene rings is 1. The first-order valence-electron chi connectivity index (χ1n) is 5.18. The third-order valence-electron chi connectivity index (χ3n) is 2.34. The molecule has 2 N–H and O–H groups in total. The second-order valence-electron chi connectivity index (χ2n) is 3.68. The summed E-state index contributed by atoms with van der Waals surface area (Å²) in [5.41, 5.74) is 5.82. The highest BCUT2D eigenvalue weighted by molar-refractivity contribution is 9.10. The van der Waals surface area contributed by atoms with Crippen LogP contribution in [0.3, 0.4) is 0 Å².